The first kappa shape index (κ1) is 14.3. The Morgan fingerprint density at radius 2 is 2.14 bits per heavy atom. The Bertz CT molecular complexity index is 817. The lowest BCUT2D eigenvalue weighted by atomic mass is 10.1. The largest absolute Gasteiger partial charge is 0.342 e. The number of imidazole rings is 1. The summed E-state index contributed by atoms with van der Waals surface area (Å²) in [6.45, 7) is 4.04. The standard InChI is InChI=1S/C16H19N5O/c1-4-12(14-7-8-17-20(14)3)19-16(22)13-10-21-9-11(2)5-6-15(21)18-13/h5-10,12H,4H2,1-3H3,(H,19,22). The van der Waals surface area contributed by atoms with E-state index in [-0.39, 0.29) is 11.9 Å². The highest BCUT2D eigenvalue weighted by molar-refractivity contribution is 5.93. The molecule has 6 heteroatoms. The van der Waals surface area contributed by atoms with Crippen LogP contribution < -0.4 is 5.32 Å². The Kier molecular flexibility index (Phi) is 3.66. The molecule has 0 fully saturated rings. The Balaban J connectivity index is 1.84. The predicted molar refractivity (Wildman–Crippen MR) is 83.6 cm³/mol. The normalized spacial score (nSPS) is 12.5. The van der Waals surface area contributed by atoms with E-state index in [1.807, 2.05) is 49.7 Å². The minimum atomic E-state index is -0.172. The smallest absolute Gasteiger partial charge is 0.272 e. The second-order valence-electron chi connectivity index (χ2n) is 5.41. The van der Waals surface area contributed by atoms with Gasteiger partial charge in [0, 0.05) is 25.6 Å². The minimum absolute atomic E-state index is 0.0773. The Morgan fingerprint density at radius 1 is 1.32 bits per heavy atom. The molecule has 3 aromatic heterocycles. The summed E-state index contributed by atoms with van der Waals surface area (Å²) in [4.78, 5) is 16.8. The number of fused-ring (bicyclic) bond motifs is 1. The number of carbonyl (C=O) groups excluding carboxylic acids is 1. The number of aromatic nitrogens is 4. The lowest BCUT2D eigenvalue weighted by molar-refractivity contribution is 0.0929. The highest BCUT2D eigenvalue weighted by atomic mass is 16.2. The van der Waals surface area contributed by atoms with E-state index in [0.717, 1.165) is 23.3 Å². The second-order valence-corrected chi connectivity index (χ2v) is 5.41. The zero-order valence-electron chi connectivity index (χ0n) is 12.9. The van der Waals surface area contributed by atoms with Crippen molar-refractivity contribution in [2.45, 2.75) is 26.3 Å². The summed E-state index contributed by atoms with van der Waals surface area (Å²) in [6, 6.07) is 5.73. The predicted octanol–water partition coefficient (Wildman–Crippen LogP) is 2.26. The molecule has 3 heterocycles. The lowest BCUT2D eigenvalue weighted by Gasteiger charge is -2.16. The summed E-state index contributed by atoms with van der Waals surface area (Å²) in [5, 5.41) is 7.18. The average Bonchev–Trinajstić information content (AvgIpc) is 3.10. The zero-order chi connectivity index (χ0) is 15.7. The van der Waals surface area contributed by atoms with Crippen molar-refractivity contribution in [1.29, 1.82) is 0 Å². The van der Waals surface area contributed by atoms with Crippen molar-refractivity contribution in [2.24, 2.45) is 7.05 Å². The number of hydrogen-bond acceptors (Lipinski definition) is 3. The fourth-order valence-electron chi connectivity index (χ4n) is 2.56. The summed E-state index contributed by atoms with van der Waals surface area (Å²) in [7, 11) is 1.87. The summed E-state index contributed by atoms with van der Waals surface area (Å²) in [6.07, 6.45) is 6.24. The molecule has 3 rings (SSSR count). The third-order valence-corrected chi connectivity index (χ3v) is 3.76. The molecule has 0 spiro atoms. The molecule has 0 aliphatic heterocycles. The summed E-state index contributed by atoms with van der Waals surface area (Å²) >= 11 is 0. The van der Waals surface area contributed by atoms with Gasteiger partial charge in [0.1, 0.15) is 11.3 Å². The molecule has 1 amide bonds. The molecule has 0 aliphatic carbocycles. The molecule has 6 nitrogen and oxygen atoms in total. The highest BCUT2D eigenvalue weighted by Crippen LogP contribution is 2.16. The van der Waals surface area contributed by atoms with Crippen LogP contribution in [-0.2, 0) is 7.05 Å². The third kappa shape index (κ3) is 2.59. The van der Waals surface area contributed by atoms with Crippen molar-refractivity contribution in [3.63, 3.8) is 0 Å². The SMILES string of the molecule is CCC(NC(=O)c1cn2cc(C)ccc2n1)c1ccnn1C. The van der Waals surface area contributed by atoms with Gasteiger partial charge in [0.2, 0.25) is 0 Å². The van der Waals surface area contributed by atoms with Gasteiger partial charge in [0.25, 0.3) is 5.91 Å². The molecule has 1 atom stereocenters. The zero-order valence-corrected chi connectivity index (χ0v) is 12.9. The van der Waals surface area contributed by atoms with Crippen molar-refractivity contribution < 1.29 is 4.79 Å². The van der Waals surface area contributed by atoms with Gasteiger partial charge in [-0.2, -0.15) is 5.10 Å². The Morgan fingerprint density at radius 3 is 2.82 bits per heavy atom. The number of amides is 1. The molecule has 1 N–H and O–H groups in total. The molecule has 0 bridgehead atoms. The molecular weight excluding hydrogens is 278 g/mol. The quantitative estimate of drug-likeness (QED) is 0.803. The molecule has 3 aromatic rings. The van der Waals surface area contributed by atoms with Gasteiger partial charge >= 0.3 is 0 Å². The van der Waals surface area contributed by atoms with Gasteiger partial charge in [-0.15, -0.1) is 0 Å². The van der Waals surface area contributed by atoms with E-state index in [0.29, 0.717) is 5.69 Å². The van der Waals surface area contributed by atoms with Crippen LogP contribution in [-0.4, -0.2) is 25.1 Å². The fourth-order valence-corrected chi connectivity index (χ4v) is 2.56. The van der Waals surface area contributed by atoms with Crippen LogP contribution in [0.2, 0.25) is 0 Å². The van der Waals surface area contributed by atoms with Gasteiger partial charge in [-0.05, 0) is 31.0 Å². The topological polar surface area (TPSA) is 64.2 Å². The fraction of sp³-hybridized carbons (Fsp3) is 0.312. The van der Waals surface area contributed by atoms with Crippen molar-refractivity contribution in [3.05, 3.63) is 53.7 Å². The summed E-state index contributed by atoms with van der Waals surface area (Å²) in [5.41, 5.74) is 3.30. The van der Waals surface area contributed by atoms with Crippen LogP contribution in [0.25, 0.3) is 5.65 Å². The maximum absolute atomic E-state index is 12.5. The third-order valence-electron chi connectivity index (χ3n) is 3.76. The van der Waals surface area contributed by atoms with Crippen molar-refractivity contribution >= 4 is 11.6 Å². The molecular formula is C16H19N5O. The van der Waals surface area contributed by atoms with Crippen LogP contribution in [0, 0.1) is 6.92 Å². The van der Waals surface area contributed by atoms with E-state index >= 15 is 0 Å². The molecule has 0 saturated heterocycles. The minimum Gasteiger partial charge on any atom is -0.342 e. The first-order valence-electron chi connectivity index (χ1n) is 7.32. The number of nitrogens with one attached hydrogen (secondary N) is 1. The van der Waals surface area contributed by atoms with E-state index < -0.39 is 0 Å². The van der Waals surface area contributed by atoms with Crippen LogP contribution in [0.3, 0.4) is 0 Å². The number of rotatable bonds is 4. The number of nitrogens with zero attached hydrogens (tertiary/aromatic N) is 4. The first-order chi connectivity index (χ1) is 10.6. The molecule has 1 unspecified atom stereocenters. The van der Waals surface area contributed by atoms with Crippen molar-refractivity contribution in [3.8, 4) is 0 Å². The second kappa shape index (κ2) is 5.63. The van der Waals surface area contributed by atoms with E-state index in [4.69, 9.17) is 0 Å². The van der Waals surface area contributed by atoms with Crippen LogP contribution in [0.4, 0.5) is 0 Å². The molecule has 0 saturated carbocycles. The van der Waals surface area contributed by atoms with Gasteiger partial charge in [-0.3, -0.25) is 9.48 Å². The van der Waals surface area contributed by atoms with E-state index in [1.165, 1.54) is 0 Å². The van der Waals surface area contributed by atoms with Crippen molar-refractivity contribution in [2.75, 3.05) is 0 Å². The van der Waals surface area contributed by atoms with Gasteiger partial charge < -0.3 is 9.72 Å². The van der Waals surface area contributed by atoms with Gasteiger partial charge in [-0.25, -0.2) is 4.98 Å². The number of carbonyl (C=O) groups is 1. The van der Waals surface area contributed by atoms with E-state index in [2.05, 4.69) is 15.4 Å². The number of pyridine rings is 1. The van der Waals surface area contributed by atoms with E-state index in [1.54, 1.807) is 17.1 Å². The maximum Gasteiger partial charge on any atom is 0.272 e. The molecule has 0 aliphatic rings. The molecule has 22 heavy (non-hydrogen) atoms. The van der Waals surface area contributed by atoms with Gasteiger partial charge in [-0.1, -0.05) is 13.0 Å². The molecule has 0 radical (unpaired) electrons. The van der Waals surface area contributed by atoms with Crippen LogP contribution in [0.15, 0.2) is 36.8 Å². The summed E-state index contributed by atoms with van der Waals surface area (Å²) in [5.74, 6) is -0.172. The average molecular weight is 297 g/mol. The summed E-state index contributed by atoms with van der Waals surface area (Å²) < 4.78 is 3.65. The monoisotopic (exact) mass is 297 g/mol. The van der Waals surface area contributed by atoms with Crippen molar-refractivity contribution in [1.82, 2.24) is 24.5 Å². The number of aryl methyl sites for hydroxylation is 2. The molecule has 114 valence electrons. The first-order valence-corrected chi connectivity index (χ1v) is 7.32. The lowest BCUT2D eigenvalue weighted by Crippen LogP contribution is -2.29. The van der Waals surface area contributed by atoms with Crippen LogP contribution in [0.1, 0.15) is 41.1 Å². The maximum atomic E-state index is 12.5. The van der Waals surface area contributed by atoms with Crippen LogP contribution >= 0.6 is 0 Å². The van der Waals surface area contributed by atoms with Crippen LogP contribution in [0.5, 0.6) is 0 Å². The highest BCUT2D eigenvalue weighted by Gasteiger charge is 2.18. The Hall–Kier alpha value is -2.63. The van der Waals surface area contributed by atoms with Gasteiger partial charge in [0.15, 0.2) is 0 Å². The van der Waals surface area contributed by atoms with E-state index in [9.17, 15) is 4.79 Å². The number of hydrogen-bond donors (Lipinski definition) is 1. The Labute approximate surface area is 128 Å². The molecule has 0 aromatic carbocycles. The van der Waals surface area contributed by atoms with Gasteiger partial charge in [0.05, 0.1) is 11.7 Å².